The Balaban J connectivity index is 2.09. The molecule has 1 heterocycles. The lowest BCUT2D eigenvalue weighted by Gasteiger charge is -2.20. The molecule has 0 spiro atoms. The normalized spacial score (nSPS) is 11.4. The molecule has 0 unspecified atom stereocenters. The Bertz CT molecular complexity index is 690. The predicted octanol–water partition coefficient (Wildman–Crippen LogP) is 4.00. The zero-order chi connectivity index (χ0) is 17.7. The van der Waals surface area contributed by atoms with Gasteiger partial charge in [-0.1, -0.05) is 45.9 Å². The van der Waals surface area contributed by atoms with Crippen LogP contribution in [-0.2, 0) is 10.2 Å². The van der Waals surface area contributed by atoms with Gasteiger partial charge in [-0.3, -0.25) is 4.79 Å². The summed E-state index contributed by atoms with van der Waals surface area (Å²) in [5.41, 5.74) is 1.82. The van der Waals surface area contributed by atoms with Gasteiger partial charge in [0.1, 0.15) is 5.82 Å². The van der Waals surface area contributed by atoms with Crippen LogP contribution in [0.25, 0.3) is 0 Å². The summed E-state index contributed by atoms with van der Waals surface area (Å²) in [7, 11) is 0. The van der Waals surface area contributed by atoms with E-state index in [9.17, 15) is 4.79 Å². The van der Waals surface area contributed by atoms with Gasteiger partial charge in [-0.05, 0) is 25.0 Å². The molecular formula is C18H26N4OS. The van der Waals surface area contributed by atoms with E-state index in [1.54, 1.807) is 0 Å². The molecule has 0 fully saturated rings. The van der Waals surface area contributed by atoms with Crippen LogP contribution in [-0.4, -0.2) is 28.4 Å². The highest BCUT2D eigenvalue weighted by Crippen LogP contribution is 2.25. The van der Waals surface area contributed by atoms with Gasteiger partial charge in [0.25, 0.3) is 0 Å². The molecule has 130 valence electrons. The quantitative estimate of drug-likeness (QED) is 0.859. The lowest BCUT2D eigenvalue weighted by Crippen LogP contribution is -2.34. The Morgan fingerprint density at radius 2 is 2.00 bits per heavy atom. The lowest BCUT2D eigenvalue weighted by molar-refractivity contribution is -0.115. The number of amides is 1. The predicted molar refractivity (Wildman–Crippen MR) is 101 cm³/mol. The fourth-order valence-corrected chi connectivity index (χ4v) is 3.12. The molecule has 2 aromatic rings. The highest BCUT2D eigenvalue weighted by atomic mass is 32.1. The van der Waals surface area contributed by atoms with Crippen molar-refractivity contribution in [2.45, 2.75) is 46.5 Å². The summed E-state index contributed by atoms with van der Waals surface area (Å²) in [6.45, 7) is 11.4. The maximum absolute atomic E-state index is 12.4. The second-order valence-electron chi connectivity index (χ2n) is 6.94. The van der Waals surface area contributed by atoms with Crippen molar-refractivity contribution >= 4 is 28.3 Å². The van der Waals surface area contributed by atoms with E-state index in [0.717, 1.165) is 35.2 Å². The van der Waals surface area contributed by atoms with E-state index in [0.29, 0.717) is 0 Å². The van der Waals surface area contributed by atoms with Gasteiger partial charge in [0.15, 0.2) is 0 Å². The molecule has 0 bridgehead atoms. The molecule has 0 aliphatic rings. The third kappa shape index (κ3) is 4.77. The van der Waals surface area contributed by atoms with Gasteiger partial charge in [0, 0.05) is 29.2 Å². The molecule has 2 rings (SSSR count). The van der Waals surface area contributed by atoms with Crippen molar-refractivity contribution in [3.8, 4) is 0 Å². The van der Waals surface area contributed by atoms with Crippen LogP contribution in [0, 0.1) is 6.92 Å². The SMILES string of the molecule is CCCN(CC(=O)Nc1ccccc1C)c1nc(C(C)(C)C)ns1. The molecule has 6 heteroatoms. The molecule has 0 aliphatic carbocycles. The number of benzene rings is 1. The van der Waals surface area contributed by atoms with Crippen molar-refractivity contribution in [2.75, 3.05) is 23.3 Å². The standard InChI is InChI=1S/C18H26N4OS/c1-6-11-22(17-20-16(21-24-17)18(3,4)5)12-15(23)19-14-10-8-7-9-13(14)2/h7-10H,6,11-12H2,1-5H3,(H,19,23). The number of hydrogen-bond donors (Lipinski definition) is 1. The fourth-order valence-electron chi connectivity index (χ4n) is 2.24. The van der Waals surface area contributed by atoms with Crippen molar-refractivity contribution in [3.63, 3.8) is 0 Å². The zero-order valence-corrected chi connectivity index (χ0v) is 15.9. The van der Waals surface area contributed by atoms with Crippen LogP contribution >= 0.6 is 11.5 Å². The van der Waals surface area contributed by atoms with Crippen molar-refractivity contribution in [1.29, 1.82) is 0 Å². The Morgan fingerprint density at radius 1 is 1.29 bits per heavy atom. The summed E-state index contributed by atoms with van der Waals surface area (Å²) in [5.74, 6) is 0.785. The summed E-state index contributed by atoms with van der Waals surface area (Å²) in [6.07, 6.45) is 0.947. The van der Waals surface area contributed by atoms with Gasteiger partial charge in [0.2, 0.25) is 11.0 Å². The highest BCUT2D eigenvalue weighted by Gasteiger charge is 2.22. The van der Waals surface area contributed by atoms with Crippen LogP contribution < -0.4 is 10.2 Å². The first-order valence-corrected chi connectivity index (χ1v) is 9.03. The number of para-hydroxylation sites is 1. The third-order valence-electron chi connectivity index (χ3n) is 3.60. The van der Waals surface area contributed by atoms with Crippen LogP contribution in [0.15, 0.2) is 24.3 Å². The molecule has 0 atom stereocenters. The summed E-state index contributed by atoms with van der Waals surface area (Å²) in [5, 5.41) is 3.79. The number of aromatic nitrogens is 2. The molecule has 1 aromatic carbocycles. The highest BCUT2D eigenvalue weighted by molar-refractivity contribution is 7.09. The van der Waals surface area contributed by atoms with Crippen molar-refractivity contribution in [3.05, 3.63) is 35.7 Å². The molecule has 0 radical (unpaired) electrons. The number of nitrogens with zero attached hydrogens (tertiary/aromatic N) is 3. The minimum absolute atomic E-state index is 0.0368. The number of hydrogen-bond acceptors (Lipinski definition) is 5. The first-order valence-electron chi connectivity index (χ1n) is 8.26. The number of anilines is 2. The topological polar surface area (TPSA) is 58.1 Å². The molecular weight excluding hydrogens is 320 g/mol. The Morgan fingerprint density at radius 3 is 2.58 bits per heavy atom. The van der Waals surface area contributed by atoms with E-state index in [-0.39, 0.29) is 17.9 Å². The second kappa shape index (κ2) is 7.75. The minimum Gasteiger partial charge on any atom is -0.338 e. The molecule has 5 nitrogen and oxygen atoms in total. The van der Waals surface area contributed by atoms with Crippen LogP contribution in [0.3, 0.4) is 0 Å². The van der Waals surface area contributed by atoms with Crippen LogP contribution in [0.2, 0.25) is 0 Å². The molecule has 1 amide bonds. The Hall–Kier alpha value is -1.95. The van der Waals surface area contributed by atoms with Crippen molar-refractivity contribution < 1.29 is 4.79 Å². The van der Waals surface area contributed by atoms with E-state index < -0.39 is 0 Å². The lowest BCUT2D eigenvalue weighted by atomic mass is 9.96. The maximum Gasteiger partial charge on any atom is 0.243 e. The number of nitrogens with one attached hydrogen (secondary N) is 1. The van der Waals surface area contributed by atoms with Gasteiger partial charge in [-0.2, -0.15) is 4.37 Å². The van der Waals surface area contributed by atoms with Gasteiger partial charge < -0.3 is 10.2 Å². The van der Waals surface area contributed by atoms with Crippen LogP contribution in [0.5, 0.6) is 0 Å². The van der Waals surface area contributed by atoms with Crippen LogP contribution in [0.1, 0.15) is 45.5 Å². The zero-order valence-electron chi connectivity index (χ0n) is 15.1. The average molecular weight is 347 g/mol. The van der Waals surface area contributed by atoms with Gasteiger partial charge in [0.05, 0.1) is 6.54 Å². The first kappa shape index (κ1) is 18.4. The first-order chi connectivity index (χ1) is 11.3. The smallest absolute Gasteiger partial charge is 0.243 e. The van der Waals surface area contributed by atoms with Gasteiger partial charge >= 0.3 is 0 Å². The minimum atomic E-state index is -0.0873. The third-order valence-corrected chi connectivity index (χ3v) is 4.38. The van der Waals surface area contributed by atoms with E-state index in [1.807, 2.05) is 36.1 Å². The number of rotatable bonds is 6. The number of carbonyl (C=O) groups excluding carboxylic acids is 1. The van der Waals surface area contributed by atoms with Crippen LogP contribution in [0.4, 0.5) is 10.8 Å². The Labute approximate surface area is 148 Å². The number of aryl methyl sites for hydroxylation is 1. The molecule has 1 N–H and O–H groups in total. The maximum atomic E-state index is 12.4. The van der Waals surface area contributed by atoms with E-state index in [2.05, 4.69) is 42.4 Å². The largest absolute Gasteiger partial charge is 0.338 e. The molecule has 0 aliphatic heterocycles. The molecule has 0 saturated heterocycles. The molecule has 0 saturated carbocycles. The summed E-state index contributed by atoms with van der Waals surface area (Å²) in [4.78, 5) is 19.1. The summed E-state index contributed by atoms with van der Waals surface area (Å²) < 4.78 is 4.45. The van der Waals surface area contributed by atoms with Gasteiger partial charge in [-0.15, -0.1) is 0 Å². The van der Waals surface area contributed by atoms with E-state index >= 15 is 0 Å². The monoisotopic (exact) mass is 346 g/mol. The Kier molecular flexibility index (Phi) is 5.94. The summed E-state index contributed by atoms with van der Waals surface area (Å²) in [6, 6.07) is 7.79. The molecule has 24 heavy (non-hydrogen) atoms. The second-order valence-corrected chi connectivity index (χ2v) is 7.67. The fraction of sp³-hybridized carbons (Fsp3) is 0.500. The summed E-state index contributed by atoms with van der Waals surface area (Å²) >= 11 is 1.36. The van der Waals surface area contributed by atoms with E-state index in [1.165, 1.54) is 11.5 Å². The van der Waals surface area contributed by atoms with E-state index in [4.69, 9.17) is 0 Å². The van der Waals surface area contributed by atoms with Gasteiger partial charge in [-0.25, -0.2) is 4.98 Å². The average Bonchev–Trinajstić information content (AvgIpc) is 2.99. The number of carbonyl (C=O) groups is 1. The van der Waals surface area contributed by atoms with Crippen molar-refractivity contribution in [1.82, 2.24) is 9.36 Å². The molecule has 1 aromatic heterocycles. The van der Waals surface area contributed by atoms with Crippen molar-refractivity contribution in [2.24, 2.45) is 0 Å².